The number of amides is 1. The molecular weight excluding hydrogens is 397 g/mol. The van der Waals surface area contributed by atoms with Gasteiger partial charge >= 0.3 is 5.97 Å². The smallest absolute Gasteiger partial charge is 0.321 e. The number of benzene rings is 2. The molecule has 2 aromatic carbocycles. The van der Waals surface area contributed by atoms with Crippen molar-refractivity contribution in [2.24, 2.45) is 5.92 Å². The molecule has 4 rings (SSSR count). The van der Waals surface area contributed by atoms with Gasteiger partial charge in [0.15, 0.2) is 5.92 Å². The van der Waals surface area contributed by atoms with Gasteiger partial charge in [0.1, 0.15) is 5.82 Å². The zero-order valence-electron chi connectivity index (χ0n) is 17.8. The van der Waals surface area contributed by atoms with E-state index in [0.717, 1.165) is 30.3 Å². The van der Waals surface area contributed by atoms with Crippen molar-refractivity contribution in [3.63, 3.8) is 0 Å². The van der Waals surface area contributed by atoms with E-state index in [1.54, 1.807) is 24.0 Å². The van der Waals surface area contributed by atoms with Crippen molar-refractivity contribution in [1.29, 1.82) is 0 Å². The molecule has 1 aliphatic rings. The highest BCUT2D eigenvalue weighted by Gasteiger charge is 2.47. The molecule has 3 aromatic rings. The Balaban J connectivity index is 1.93. The minimum atomic E-state index is -1.07. The summed E-state index contributed by atoms with van der Waals surface area (Å²) in [5.74, 6) is -1.85. The average Bonchev–Trinajstić information content (AvgIpc) is 3.15. The first kappa shape index (κ1) is 21.0. The molecule has 31 heavy (non-hydrogen) atoms. The molecule has 0 N–H and O–H groups in total. The third-order valence-electron chi connectivity index (χ3n) is 5.68. The molecule has 162 valence electrons. The molecule has 0 fully saturated rings. The van der Waals surface area contributed by atoms with Crippen LogP contribution in [0.1, 0.15) is 44.7 Å². The number of aromatic nitrogens is 2. The average molecular weight is 423 g/mol. The van der Waals surface area contributed by atoms with Crippen molar-refractivity contribution in [3.8, 4) is 0 Å². The molecule has 0 spiro atoms. The van der Waals surface area contributed by atoms with Crippen LogP contribution >= 0.6 is 0 Å². The van der Waals surface area contributed by atoms with Crippen LogP contribution in [-0.4, -0.2) is 34.6 Å². The highest BCUT2D eigenvalue weighted by atomic mass is 19.1. The largest absolute Gasteiger partial charge is 0.465 e. The number of carbonyl (C=O) groups excluding carboxylic acids is 2. The van der Waals surface area contributed by atoms with Gasteiger partial charge in [-0.3, -0.25) is 14.5 Å². The van der Waals surface area contributed by atoms with E-state index in [1.165, 1.54) is 12.1 Å². The molecule has 2 atom stereocenters. The van der Waals surface area contributed by atoms with Crippen molar-refractivity contribution < 1.29 is 18.7 Å². The topological polar surface area (TPSA) is 64.4 Å². The summed E-state index contributed by atoms with van der Waals surface area (Å²) in [6.45, 7) is 4.46. The number of rotatable bonds is 7. The highest BCUT2D eigenvalue weighted by Crippen LogP contribution is 2.41. The Kier molecular flexibility index (Phi) is 6.02. The van der Waals surface area contributed by atoms with E-state index >= 15 is 0 Å². The van der Waals surface area contributed by atoms with Gasteiger partial charge in [0, 0.05) is 6.54 Å². The van der Waals surface area contributed by atoms with Crippen molar-refractivity contribution in [1.82, 2.24) is 9.55 Å². The second kappa shape index (κ2) is 8.88. The van der Waals surface area contributed by atoms with Crippen LogP contribution in [0.3, 0.4) is 0 Å². The minimum absolute atomic E-state index is 0.173. The van der Waals surface area contributed by atoms with Gasteiger partial charge in [-0.1, -0.05) is 44.0 Å². The van der Waals surface area contributed by atoms with Gasteiger partial charge in [0.05, 0.1) is 23.7 Å². The molecule has 1 amide bonds. The Labute approximate surface area is 180 Å². The van der Waals surface area contributed by atoms with Gasteiger partial charge in [-0.2, -0.15) is 0 Å². The number of para-hydroxylation sites is 2. The van der Waals surface area contributed by atoms with E-state index in [4.69, 9.17) is 9.72 Å². The number of anilines is 1. The van der Waals surface area contributed by atoms with E-state index < -0.39 is 17.9 Å². The van der Waals surface area contributed by atoms with E-state index in [2.05, 4.69) is 6.92 Å². The third-order valence-corrected chi connectivity index (χ3v) is 5.68. The lowest BCUT2D eigenvalue weighted by molar-refractivity contribution is -0.153. The fourth-order valence-corrected chi connectivity index (χ4v) is 4.24. The molecule has 2 heterocycles. The molecule has 6 nitrogen and oxygen atoms in total. The highest BCUT2D eigenvalue weighted by molar-refractivity contribution is 6.08. The van der Waals surface area contributed by atoms with Gasteiger partial charge in [-0.15, -0.1) is 0 Å². The molecule has 0 saturated heterocycles. The fourth-order valence-electron chi connectivity index (χ4n) is 4.24. The summed E-state index contributed by atoms with van der Waals surface area (Å²) in [5.41, 5.74) is 2.21. The molecule has 7 heteroatoms. The van der Waals surface area contributed by atoms with Crippen molar-refractivity contribution in [2.75, 3.05) is 18.1 Å². The lowest BCUT2D eigenvalue weighted by atomic mass is 9.89. The van der Waals surface area contributed by atoms with Crippen molar-refractivity contribution in [3.05, 3.63) is 59.9 Å². The minimum Gasteiger partial charge on any atom is -0.465 e. The third kappa shape index (κ3) is 3.80. The van der Waals surface area contributed by atoms with Gasteiger partial charge in [-0.25, -0.2) is 9.37 Å². The summed E-state index contributed by atoms with van der Waals surface area (Å²) in [6, 6.07) is 12.8. The number of halogens is 1. The van der Waals surface area contributed by atoms with Crippen LogP contribution in [0, 0.1) is 11.7 Å². The Hall–Kier alpha value is -3.22. The van der Waals surface area contributed by atoms with Crippen LogP contribution in [0.5, 0.6) is 0 Å². The fraction of sp³-hybridized carbons (Fsp3) is 0.375. The quantitative estimate of drug-likeness (QED) is 0.319. The molecule has 0 radical (unpaired) electrons. The zero-order valence-corrected chi connectivity index (χ0v) is 17.8. The van der Waals surface area contributed by atoms with Crippen LogP contribution in [0.4, 0.5) is 10.3 Å². The zero-order chi connectivity index (χ0) is 22.0. The number of nitrogens with zero attached hydrogens (tertiary/aromatic N) is 3. The first-order valence-electron chi connectivity index (χ1n) is 10.8. The SMILES string of the molecule is CCCCCN1C(=O)[C@@H](C(=O)OCC)[C@@H](c2ccc(F)cc2)n2c1nc1ccccc12. The number of esters is 1. The molecule has 0 aliphatic carbocycles. The van der Waals surface area contributed by atoms with Crippen LogP contribution in [0.15, 0.2) is 48.5 Å². The number of imidazole rings is 1. The van der Waals surface area contributed by atoms with Gasteiger partial charge in [0.25, 0.3) is 0 Å². The van der Waals surface area contributed by atoms with E-state index in [-0.39, 0.29) is 18.3 Å². The normalized spacial score (nSPS) is 18.3. The van der Waals surface area contributed by atoms with Crippen LogP contribution in [-0.2, 0) is 14.3 Å². The number of ether oxygens (including phenoxy) is 1. The van der Waals surface area contributed by atoms with E-state index in [9.17, 15) is 14.0 Å². The second-order valence-corrected chi connectivity index (χ2v) is 7.69. The Bertz CT molecular complexity index is 1090. The predicted molar refractivity (Wildman–Crippen MR) is 116 cm³/mol. The number of hydrogen-bond donors (Lipinski definition) is 0. The lowest BCUT2D eigenvalue weighted by Crippen LogP contribution is -2.50. The standard InChI is InChI=1S/C24H26FN3O3/c1-3-5-8-15-27-22(29)20(23(30)31-4-2)21(16-11-13-17(25)14-12-16)28-19-10-7-6-9-18(19)26-24(27)28/h6-7,9-14,20-21H,3-5,8,15H2,1-2H3/t20-,21+/m0/s1. The summed E-state index contributed by atoms with van der Waals surface area (Å²) in [4.78, 5) is 33.0. The Morgan fingerprint density at radius 1 is 1.10 bits per heavy atom. The van der Waals surface area contributed by atoms with Crippen molar-refractivity contribution >= 4 is 28.9 Å². The van der Waals surface area contributed by atoms with Crippen LogP contribution < -0.4 is 4.90 Å². The number of fused-ring (bicyclic) bond motifs is 3. The summed E-state index contributed by atoms with van der Waals surface area (Å²) < 4.78 is 20.9. The van der Waals surface area contributed by atoms with E-state index in [1.807, 2.05) is 28.8 Å². The summed E-state index contributed by atoms with van der Waals surface area (Å²) in [5, 5.41) is 0. The second-order valence-electron chi connectivity index (χ2n) is 7.69. The van der Waals surface area contributed by atoms with Gasteiger partial charge < -0.3 is 9.30 Å². The van der Waals surface area contributed by atoms with Crippen molar-refractivity contribution in [2.45, 2.75) is 39.2 Å². The number of carbonyl (C=O) groups is 2. The van der Waals surface area contributed by atoms with Gasteiger partial charge in [0.2, 0.25) is 11.9 Å². The van der Waals surface area contributed by atoms with E-state index in [0.29, 0.717) is 18.1 Å². The monoisotopic (exact) mass is 423 g/mol. The van der Waals surface area contributed by atoms with Crippen LogP contribution in [0.2, 0.25) is 0 Å². The summed E-state index contributed by atoms with van der Waals surface area (Å²) in [6.07, 6.45) is 2.79. The maximum absolute atomic E-state index is 13.6. The number of hydrogen-bond acceptors (Lipinski definition) is 4. The Morgan fingerprint density at radius 2 is 1.84 bits per heavy atom. The first-order chi connectivity index (χ1) is 15.1. The molecule has 1 aromatic heterocycles. The van der Waals surface area contributed by atoms with Crippen LogP contribution in [0.25, 0.3) is 11.0 Å². The maximum atomic E-state index is 13.6. The lowest BCUT2D eigenvalue weighted by Gasteiger charge is -2.38. The first-order valence-corrected chi connectivity index (χ1v) is 10.8. The molecular formula is C24H26FN3O3. The molecule has 0 bridgehead atoms. The Morgan fingerprint density at radius 3 is 2.55 bits per heavy atom. The summed E-state index contributed by atoms with van der Waals surface area (Å²) >= 11 is 0. The summed E-state index contributed by atoms with van der Waals surface area (Å²) in [7, 11) is 0. The molecule has 1 aliphatic heterocycles. The van der Waals surface area contributed by atoms with Gasteiger partial charge in [-0.05, 0) is 43.2 Å². The molecule has 0 saturated carbocycles. The maximum Gasteiger partial charge on any atom is 0.321 e. The predicted octanol–water partition coefficient (Wildman–Crippen LogP) is 4.48. The number of unbranched alkanes of at least 4 members (excludes halogenated alkanes) is 2. The molecule has 0 unspecified atom stereocenters.